The van der Waals surface area contributed by atoms with Gasteiger partial charge in [-0.25, -0.2) is 4.98 Å². The van der Waals surface area contributed by atoms with Crippen LogP contribution < -0.4 is 4.90 Å². The molecule has 0 N–H and O–H groups in total. The number of carbonyl (C=O) groups is 1. The van der Waals surface area contributed by atoms with Crippen molar-refractivity contribution in [2.24, 2.45) is 0 Å². The van der Waals surface area contributed by atoms with E-state index in [4.69, 9.17) is 16.3 Å². The van der Waals surface area contributed by atoms with E-state index in [-0.39, 0.29) is 12.0 Å². The highest BCUT2D eigenvalue weighted by atomic mass is 35.5. The molecule has 1 aromatic heterocycles. The zero-order chi connectivity index (χ0) is 19.5. The SMILES string of the molecule is CN1C(=O)CSc2cc(C(Cn3cncn3)OCc3ccc(Cl)cc3)ccc21. The lowest BCUT2D eigenvalue weighted by molar-refractivity contribution is -0.116. The summed E-state index contributed by atoms with van der Waals surface area (Å²) in [6, 6.07) is 13.7. The van der Waals surface area contributed by atoms with Gasteiger partial charge in [0.25, 0.3) is 0 Å². The van der Waals surface area contributed by atoms with Crippen molar-refractivity contribution in [1.29, 1.82) is 0 Å². The summed E-state index contributed by atoms with van der Waals surface area (Å²) in [4.78, 5) is 18.7. The van der Waals surface area contributed by atoms with Gasteiger partial charge in [-0.2, -0.15) is 5.10 Å². The molecular formula is C20H19ClN4O2S. The number of ether oxygens (including phenoxy) is 1. The summed E-state index contributed by atoms with van der Waals surface area (Å²) in [6.07, 6.45) is 2.99. The van der Waals surface area contributed by atoms with Crippen molar-refractivity contribution in [3.63, 3.8) is 0 Å². The van der Waals surface area contributed by atoms with Gasteiger partial charge in [0.15, 0.2) is 0 Å². The molecule has 1 atom stereocenters. The molecule has 2 heterocycles. The van der Waals surface area contributed by atoms with Gasteiger partial charge in [-0.05, 0) is 35.4 Å². The van der Waals surface area contributed by atoms with Gasteiger partial charge in [0.2, 0.25) is 5.91 Å². The molecule has 0 saturated carbocycles. The van der Waals surface area contributed by atoms with Crippen LogP contribution in [0.4, 0.5) is 5.69 Å². The molecule has 1 amide bonds. The van der Waals surface area contributed by atoms with Gasteiger partial charge >= 0.3 is 0 Å². The van der Waals surface area contributed by atoms with E-state index in [2.05, 4.69) is 16.1 Å². The van der Waals surface area contributed by atoms with E-state index >= 15 is 0 Å². The number of benzene rings is 2. The van der Waals surface area contributed by atoms with Crippen LogP contribution >= 0.6 is 23.4 Å². The number of hydrogen-bond donors (Lipinski definition) is 0. The highest BCUT2D eigenvalue weighted by molar-refractivity contribution is 8.00. The Bertz CT molecular complexity index is 963. The summed E-state index contributed by atoms with van der Waals surface area (Å²) in [6.45, 7) is 1.00. The van der Waals surface area contributed by atoms with Gasteiger partial charge in [0, 0.05) is 17.0 Å². The van der Waals surface area contributed by atoms with Gasteiger partial charge in [-0.3, -0.25) is 9.48 Å². The number of carbonyl (C=O) groups excluding carboxylic acids is 1. The molecule has 1 aliphatic heterocycles. The van der Waals surface area contributed by atoms with Crippen LogP contribution in [0.25, 0.3) is 0 Å². The first-order valence-electron chi connectivity index (χ1n) is 8.82. The Morgan fingerprint density at radius 1 is 1.25 bits per heavy atom. The van der Waals surface area contributed by atoms with E-state index in [1.807, 2.05) is 43.4 Å². The third-order valence-corrected chi connectivity index (χ3v) is 5.91. The summed E-state index contributed by atoms with van der Waals surface area (Å²) in [5.74, 6) is 0.565. The van der Waals surface area contributed by atoms with Crippen LogP contribution in [-0.4, -0.2) is 33.5 Å². The van der Waals surface area contributed by atoms with Crippen molar-refractivity contribution in [1.82, 2.24) is 14.8 Å². The largest absolute Gasteiger partial charge is 0.367 e. The molecule has 1 unspecified atom stereocenters. The average Bonchev–Trinajstić information content (AvgIpc) is 3.22. The van der Waals surface area contributed by atoms with E-state index in [1.165, 1.54) is 6.33 Å². The van der Waals surface area contributed by atoms with Crippen molar-refractivity contribution in [3.05, 3.63) is 71.3 Å². The van der Waals surface area contributed by atoms with Crippen LogP contribution in [-0.2, 0) is 22.7 Å². The molecule has 0 aliphatic carbocycles. The Morgan fingerprint density at radius 2 is 2.07 bits per heavy atom. The van der Waals surface area contributed by atoms with Gasteiger partial charge in [0.05, 0.1) is 24.6 Å². The lowest BCUT2D eigenvalue weighted by atomic mass is 10.1. The fraction of sp³-hybridized carbons (Fsp3) is 0.250. The van der Waals surface area contributed by atoms with Crippen molar-refractivity contribution in [2.75, 3.05) is 17.7 Å². The normalized spacial score (nSPS) is 14.8. The van der Waals surface area contributed by atoms with Crippen LogP contribution in [0.15, 0.2) is 60.0 Å². The van der Waals surface area contributed by atoms with Gasteiger partial charge < -0.3 is 9.64 Å². The summed E-state index contributed by atoms with van der Waals surface area (Å²) < 4.78 is 8.00. The second-order valence-corrected chi connectivity index (χ2v) is 7.97. The van der Waals surface area contributed by atoms with E-state index in [9.17, 15) is 4.79 Å². The number of halogens is 1. The predicted molar refractivity (Wildman–Crippen MR) is 110 cm³/mol. The van der Waals surface area contributed by atoms with E-state index < -0.39 is 0 Å². The Hall–Kier alpha value is -2.35. The van der Waals surface area contributed by atoms with Crippen molar-refractivity contribution < 1.29 is 9.53 Å². The second kappa shape index (κ2) is 8.34. The minimum absolute atomic E-state index is 0.114. The number of fused-ring (bicyclic) bond motifs is 1. The zero-order valence-corrected chi connectivity index (χ0v) is 16.9. The fourth-order valence-electron chi connectivity index (χ4n) is 3.02. The molecule has 4 rings (SSSR count). The smallest absolute Gasteiger partial charge is 0.237 e. The number of nitrogens with zero attached hydrogens (tertiary/aromatic N) is 4. The van der Waals surface area contributed by atoms with Crippen molar-refractivity contribution in [3.8, 4) is 0 Å². The number of aromatic nitrogens is 3. The van der Waals surface area contributed by atoms with Crippen molar-refractivity contribution >= 4 is 35.0 Å². The Morgan fingerprint density at radius 3 is 2.82 bits per heavy atom. The fourth-order valence-corrected chi connectivity index (χ4v) is 4.19. The molecule has 0 fully saturated rings. The predicted octanol–water partition coefficient (Wildman–Crippen LogP) is 3.96. The number of rotatable bonds is 6. The summed E-state index contributed by atoms with van der Waals surface area (Å²) >= 11 is 7.52. The van der Waals surface area contributed by atoms with E-state index in [0.717, 1.165) is 21.7 Å². The number of hydrogen-bond acceptors (Lipinski definition) is 5. The molecule has 8 heteroatoms. The number of anilines is 1. The Balaban J connectivity index is 1.57. The Labute approximate surface area is 172 Å². The first-order valence-corrected chi connectivity index (χ1v) is 10.2. The monoisotopic (exact) mass is 414 g/mol. The minimum atomic E-state index is -0.203. The molecular weight excluding hydrogens is 396 g/mol. The highest BCUT2D eigenvalue weighted by Crippen LogP contribution is 2.37. The molecule has 1 aliphatic rings. The first-order chi connectivity index (χ1) is 13.6. The molecule has 3 aromatic rings. The zero-order valence-electron chi connectivity index (χ0n) is 15.3. The molecule has 28 heavy (non-hydrogen) atoms. The van der Waals surface area contributed by atoms with Crippen LogP contribution in [0.1, 0.15) is 17.2 Å². The minimum Gasteiger partial charge on any atom is -0.367 e. The summed E-state index contributed by atoms with van der Waals surface area (Å²) in [7, 11) is 1.81. The van der Waals surface area contributed by atoms with Crippen LogP contribution in [0, 0.1) is 0 Å². The van der Waals surface area contributed by atoms with Crippen LogP contribution in [0.3, 0.4) is 0 Å². The molecule has 2 aromatic carbocycles. The molecule has 0 saturated heterocycles. The second-order valence-electron chi connectivity index (χ2n) is 6.51. The van der Waals surface area contributed by atoms with Gasteiger partial charge in [-0.1, -0.05) is 29.8 Å². The summed E-state index contributed by atoms with van der Waals surface area (Å²) in [5, 5.41) is 4.91. The standard InChI is InChI=1S/C20H19ClN4O2S/c1-24-17-7-4-15(8-19(17)28-11-20(24)26)18(9-25-13-22-12-23-25)27-10-14-2-5-16(21)6-3-14/h2-8,12-13,18H,9-11H2,1H3. The maximum absolute atomic E-state index is 11.9. The topological polar surface area (TPSA) is 60.2 Å². The molecule has 6 nitrogen and oxygen atoms in total. The highest BCUT2D eigenvalue weighted by Gasteiger charge is 2.23. The van der Waals surface area contributed by atoms with Gasteiger partial charge in [-0.15, -0.1) is 11.8 Å². The van der Waals surface area contributed by atoms with Crippen LogP contribution in [0.2, 0.25) is 5.02 Å². The molecule has 0 spiro atoms. The van der Waals surface area contributed by atoms with Crippen molar-refractivity contribution in [2.45, 2.75) is 24.2 Å². The van der Waals surface area contributed by atoms with Gasteiger partial charge in [0.1, 0.15) is 18.8 Å². The van der Waals surface area contributed by atoms with Crippen LogP contribution in [0.5, 0.6) is 0 Å². The third kappa shape index (κ3) is 4.22. The third-order valence-electron chi connectivity index (χ3n) is 4.63. The number of amides is 1. The lowest BCUT2D eigenvalue weighted by Gasteiger charge is -2.27. The first kappa shape index (κ1) is 19.0. The average molecular weight is 415 g/mol. The van der Waals surface area contributed by atoms with E-state index in [0.29, 0.717) is 23.9 Å². The maximum Gasteiger partial charge on any atom is 0.237 e. The molecule has 0 radical (unpaired) electrons. The quantitative estimate of drug-likeness (QED) is 0.611. The summed E-state index contributed by atoms with van der Waals surface area (Å²) in [5.41, 5.74) is 3.02. The molecule has 0 bridgehead atoms. The number of thioether (sulfide) groups is 1. The Kier molecular flexibility index (Phi) is 5.66. The van der Waals surface area contributed by atoms with E-state index in [1.54, 1.807) is 27.7 Å². The molecule has 144 valence electrons. The maximum atomic E-state index is 11.9. The lowest BCUT2D eigenvalue weighted by Crippen LogP contribution is -2.31.